The Morgan fingerprint density at radius 2 is 2.23 bits per heavy atom. The van der Waals surface area contributed by atoms with Gasteiger partial charge >= 0.3 is 0 Å². The van der Waals surface area contributed by atoms with Crippen molar-refractivity contribution in [3.8, 4) is 0 Å². The molecule has 68 valence electrons. The molecule has 13 heavy (non-hydrogen) atoms. The predicted molar refractivity (Wildman–Crippen MR) is 56.7 cm³/mol. The maximum Gasteiger partial charge on any atom is 0.0833 e. The van der Waals surface area contributed by atoms with Crippen molar-refractivity contribution in [2.75, 3.05) is 0 Å². The van der Waals surface area contributed by atoms with Gasteiger partial charge in [-0.2, -0.15) is 0 Å². The number of aromatic nitrogens is 1. The van der Waals surface area contributed by atoms with Gasteiger partial charge in [-0.3, -0.25) is 0 Å². The van der Waals surface area contributed by atoms with Crippen LogP contribution in [-0.2, 0) is 6.61 Å². The molecule has 0 saturated carbocycles. The lowest BCUT2D eigenvalue weighted by atomic mass is 10.1. The predicted octanol–water partition coefficient (Wildman–Crippen LogP) is 2.73. The number of aliphatic hydroxyl groups is 1. The molecule has 0 radical (unpaired) electrons. The molecule has 0 aliphatic heterocycles. The summed E-state index contributed by atoms with van der Waals surface area (Å²) in [6.07, 6.45) is 0. The van der Waals surface area contributed by atoms with Gasteiger partial charge in [0.25, 0.3) is 0 Å². The summed E-state index contributed by atoms with van der Waals surface area (Å²) in [5, 5.41) is 10.2. The third kappa shape index (κ3) is 1.38. The Labute approximate surface area is 84.7 Å². The van der Waals surface area contributed by atoms with Gasteiger partial charge in [-0.1, -0.05) is 15.9 Å². The molecule has 2 aromatic rings. The minimum absolute atomic E-state index is 0.0676. The van der Waals surface area contributed by atoms with E-state index in [1.807, 2.05) is 19.1 Å². The highest BCUT2D eigenvalue weighted by atomic mass is 79.9. The molecule has 0 atom stereocenters. The molecule has 0 bridgehead atoms. The number of aromatic amines is 1. The number of hydrogen-bond acceptors (Lipinski definition) is 1. The van der Waals surface area contributed by atoms with Crippen molar-refractivity contribution in [3.63, 3.8) is 0 Å². The molecule has 2 nitrogen and oxygen atoms in total. The molecule has 3 heteroatoms. The Hall–Kier alpha value is -0.800. The number of nitrogens with one attached hydrogen (secondary N) is 1. The van der Waals surface area contributed by atoms with E-state index < -0.39 is 0 Å². The Kier molecular flexibility index (Phi) is 2.14. The fraction of sp³-hybridized carbons (Fsp3) is 0.200. The second-order valence-electron chi connectivity index (χ2n) is 3.08. The van der Waals surface area contributed by atoms with Gasteiger partial charge in [-0.25, -0.2) is 0 Å². The van der Waals surface area contributed by atoms with Crippen LogP contribution in [0.25, 0.3) is 10.9 Å². The molecule has 2 rings (SSSR count). The molecule has 2 N–H and O–H groups in total. The first-order valence-electron chi connectivity index (χ1n) is 4.10. The lowest BCUT2D eigenvalue weighted by molar-refractivity contribution is 0.277. The Morgan fingerprint density at radius 1 is 1.46 bits per heavy atom. The van der Waals surface area contributed by atoms with Crippen molar-refractivity contribution in [1.82, 2.24) is 4.98 Å². The maximum absolute atomic E-state index is 9.05. The van der Waals surface area contributed by atoms with Crippen LogP contribution in [0.5, 0.6) is 0 Å². The molecule has 0 aliphatic carbocycles. The molecule has 0 spiro atoms. The van der Waals surface area contributed by atoms with Crippen molar-refractivity contribution < 1.29 is 5.11 Å². The van der Waals surface area contributed by atoms with Crippen LogP contribution in [-0.4, -0.2) is 10.1 Å². The lowest BCUT2D eigenvalue weighted by Crippen LogP contribution is -1.83. The molecule has 1 heterocycles. The normalized spacial score (nSPS) is 11.0. The quantitative estimate of drug-likeness (QED) is 0.789. The van der Waals surface area contributed by atoms with Gasteiger partial charge in [0.2, 0.25) is 0 Å². The topological polar surface area (TPSA) is 36.0 Å². The van der Waals surface area contributed by atoms with Crippen LogP contribution < -0.4 is 0 Å². The Bertz CT molecular complexity index is 447. The van der Waals surface area contributed by atoms with Gasteiger partial charge in [-0.05, 0) is 30.7 Å². The van der Waals surface area contributed by atoms with Crippen molar-refractivity contribution in [3.05, 3.63) is 33.9 Å². The number of H-pyrrole nitrogens is 1. The first kappa shape index (κ1) is 8.78. The van der Waals surface area contributed by atoms with E-state index >= 15 is 0 Å². The first-order chi connectivity index (χ1) is 6.22. The molecule has 0 amide bonds. The highest BCUT2D eigenvalue weighted by Gasteiger charge is 2.05. The number of aliphatic hydroxyl groups excluding tert-OH is 1. The third-order valence-electron chi connectivity index (χ3n) is 2.28. The second kappa shape index (κ2) is 3.16. The van der Waals surface area contributed by atoms with Crippen LogP contribution >= 0.6 is 15.9 Å². The SMILES string of the molecule is Cc1c(CO)[nH]c2ccc(Br)cc12. The summed E-state index contributed by atoms with van der Waals surface area (Å²) in [5.41, 5.74) is 3.09. The van der Waals surface area contributed by atoms with E-state index in [9.17, 15) is 0 Å². The van der Waals surface area contributed by atoms with E-state index in [4.69, 9.17) is 5.11 Å². The molecular weight excluding hydrogens is 230 g/mol. The Balaban J connectivity index is 2.77. The number of halogens is 1. The fourth-order valence-corrected chi connectivity index (χ4v) is 1.87. The van der Waals surface area contributed by atoms with E-state index in [0.29, 0.717) is 0 Å². The average Bonchev–Trinajstić information content (AvgIpc) is 2.44. The van der Waals surface area contributed by atoms with Gasteiger partial charge in [0.1, 0.15) is 0 Å². The maximum atomic E-state index is 9.05. The number of benzene rings is 1. The standard InChI is InChI=1S/C10H10BrNO/c1-6-8-4-7(11)2-3-9(8)12-10(6)5-13/h2-4,12-13H,5H2,1H3. The number of rotatable bonds is 1. The van der Waals surface area contributed by atoms with Crippen LogP contribution in [0.2, 0.25) is 0 Å². The summed E-state index contributed by atoms with van der Waals surface area (Å²) in [6.45, 7) is 2.08. The number of hydrogen-bond donors (Lipinski definition) is 2. The number of aryl methyl sites for hydroxylation is 1. The minimum atomic E-state index is 0.0676. The summed E-state index contributed by atoms with van der Waals surface area (Å²) >= 11 is 3.42. The van der Waals surface area contributed by atoms with E-state index in [1.165, 1.54) is 5.39 Å². The van der Waals surface area contributed by atoms with Crippen molar-refractivity contribution in [1.29, 1.82) is 0 Å². The van der Waals surface area contributed by atoms with Crippen molar-refractivity contribution in [2.45, 2.75) is 13.5 Å². The van der Waals surface area contributed by atoms with Crippen LogP contribution in [0.4, 0.5) is 0 Å². The van der Waals surface area contributed by atoms with Gasteiger partial charge in [0.15, 0.2) is 0 Å². The molecule has 1 aromatic heterocycles. The van der Waals surface area contributed by atoms with Crippen molar-refractivity contribution in [2.24, 2.45) is 0 Å². The Morgan fingerprint density at radius 3 is 2.92 bits per heavy atom. The zero-order chi connectivity index (χ0) is 9.42. The zero-order valence-corrected chi connectivity index (χ0v) is 8.85. The zero-order valence-electron chi connectivity index (χ0n) is 7.26. The van der Waals surface area contributed by atoms with E-state index in [2.05, 4.69) is 27.0 Å². The van der Waals surface area contributed by atoms with Crippen LogP contribution in [0, 0.1) is 6.92 Å². The molecule has 1 aromatic carbocycles. The molecule has 0 saturated heterocycles. The van der Waals surface area contributed by atoms with E-state index in [-0.39, 0.29) is 6.61 Å². The summed E-state index contributed by atoms with van der Waals surface area (Å²) in [5.74, 6) is 0. The van der Waals surface area contributed by atoms with Gasteiger partial charge < -0.3 is 10.1 Å². The van der Waals surface area contributed by atoms with Gasteiger partial charge in [0, 0.05) is 21.1 Å². The summed E-state index contributed by atoms with van der Waals surface area (Å²) in [4.78, 5) is 3.17. The third-order valence-corrected chi connectivity index (χ3v) is 2.78. The van der Waals surface area contributed by atoms with Gasteiger partial charge in [-0.15, -0.1) is 0 Å². The first-order valence-corrected chi connectivity index (χ1v) is 4.89. The van der Waals surface area contributed by atoms with Crippen molar-refractivity contribution >= 4 is 26.8 Å². The monoisotopic (exact) mass is 239 g/mol. The molecular formula is C10H10BrNO. The van der Waals surface area contributed by atoms with Crippen LogP contribution in [0.1, 0.15) is 11.3 Å². The molecule has 0 fully saturated rings. The highest BCUT2D eigenvalue weighted by molar-refractivity contribution is 9.10. The largest absolute Gasteiger partial charge is 0.390 e. The smallest absolute Gasteiger partial charge is 0.0833 e. The summed E-state index contributed by atoms with van der Waals surface area (Å²) in [6, 6.07) is 6.05. The second-order valence-corrected chi connectivity index (χ2v) is 3.99. The minimum Gasteiger partial charge on any atom is -0.390 e. The molecule has 0 aliphatic rings. The number of fused-ring (bicyclic) bond motifs is 1. The summed E-state index contributed by atoms with van der Waals surface area (Å²) in [7, 11) is 0. The summed E-state index contributed by atoms with van der Waals surface area (Å²) < 4.78 is 1.06. The average molecular weight is 240 g/mol. The van der Waals surface area contributed by atoms with Crippen LogP contribution in [0.3, 0.4) is 0 Å². The fourth-order valence-electron chi connectivity index (χ4n) is 1.51. The van der Waals surface area contributed by atoms with E-state index in [0.717, 1.165) is 21.2 Å². The van der Waals surface area contributed by atoms with E-state index in [1.54, 1.807) is 0 Å². The van der Waals surface area contributed by atoms with Gasteiger partial charge in [0.05, 0.1) is 6.61 Å². The lowest BCUT2D eigenvalue weighted by Gasteiger charge is -1.92. The van der Waals surface area contributed by atoms with Crippen LogP contribution in [0.15, 0.2) is 22.7 Å². The highest BCUT2D eigenvalue weighted by Crippen LogP contribution is 2.24. The molecule has 0 unspecified atom stereocenters.